The highest BCUT2D eigenvalue weighted by Gasteiger charge is 2.28. The number of aromatic nitrogens is 4. The number of hydrogen-bond acceptors (Lipinski definition) is 5. The molecule has 1 aromatic carbocycles. The lowest BCUT2D eigenvalue weighted by Crippen LogP contribution is -2.40. The summed E-state index contributed by atoms with van der Waals surface area (Å²) in [5.41, 5.74) is 9.42. The second-order valence-corrected chi connectivity index (χ2v) is 8.69. The third kappa shape index (κ3) is 3.86. The third-order valence-electron chi connectivity index (χ3n) is 6.18. The van der Waals surface area contributed by atoms with Gasteiger partial charge in [0.15, 0.2) is 5.43 Å². The number of halogens is 1. The van der Waals surface area contributed by atoms with Gasteiger partial charge < -0.3 is 15.2 Å². The molecule has 1 aliphatic rings. The first-order valence-corrected chi connectivity index (χ1v) is 11.4. The van der Waals surface area contributed by atoms with Crippen molar-refractivity contribution >= 4 is 34.2 Å². The van der Waals surface area contributed by atoms with Crippen LogP contribution >= 0.6 is 11.6 Å². The molecule has 2 N–H and O–H groups in total. The Hall–Kier alpha value is -3.91. The van der Waals surface area contributed by atoms with Gasteiger partial charge in [-0.3, -0.25) is 14.3 Å². The van der Waals surface area contributed by atoms with E-state index in [2.05, 4.69) is 11.6 Å². The number of fused-ring (bicyclic) bond motifs is 1. The summed E-state index contributed by atoms with van der Waals surface area (Å²) in [6.07, 6.45) is 8.04. The highest BCUT2D eigenvalue weighted by molar-refractivity contribution is 6.35. The quantitative estimate of drug-likeness (QED) is 0.453. The molecule has 0 bridgehead atoms. The fourth-order valence-corrected chi connectivity index (χ4v) is 4.71. The molecule has 4 aromatic rings. The number of likely N-dealkylation sites (tertiary alicyclic amines) is 1. The Morgan fingerprint density at radius 2 is 1.91 bits per heavy atom. The Balaban J connectivity index is 1.59. The monoisotopic (exact) mass is 474 g/mol. The fourth-order valence-electron chi connectivity index (χ4n) is 4.48. The van der Waals surface area contributed by atoms with Gasteiger partial charge in [-0.1, -0.05) is 30.3 Å². The Bertz CT molecular complexity index is 1440. The molecular formula is C25H23ClN6O2. The van der Waals surface area contributed by atoms with E-state index in [0.717, 1.165) is 24.1 Å². The van der Waals surface area contributed by atoms with Crippen LogP contribution in [0.25, 0.3) is 27.8 Å². The number of carbonyl (C=O) groups is 1. The highest BCUT2D eigenvalue weighted by Crippen LogP contribution is 2.38. The molecule has 34 heavy (non-hydrogen) atoms. The first-order chi connectivity index (χ1) is 16.5. The SMILES string of the molecule is C=CC(=O)N1CCCC(n2nc(-c3ccc(-n4ccc(=O)cc4)cc3)c3c(N)ncc(Cl)c32)C1. The zero-order valence-corrected chi connectivity index (χ0v) is 19.2. The number of rotatable bonds is 4. The van der Waals surface area contributed by atoms with Crippen molar-refractivity contribution in [3.63, 3.8) is 0 Å². The van der Waals surface area contributed by atoms with Crippen molar-refractivity contribution in [1.29, 1.82) is 0 Å². The van der Waals surface area contributed by atoms with E-state index in [9.17, 15) is 9.59 Å². The second kappa shape index (κ2) is 8.79. The smallest absolute Gasteiger partial charge is 0.246 e. The van der Waals surface area contributed by atoms with Crippen LogP contribution in [0.1, 0.15) is 18.9 Å². The van der Waals surface area contributed by atoms with Gasteiger partial charge in [0.25, 0.3) is 0 Å². The van der Waals surface area contributed by atoms with Crippen molar-refractivity contribution in [3.8, 4) is 16.9 Å². The molecule has 172 valence electrons. The van der Waals surface area contributed by atoms with Gasteiger partial charge in [0.05, 0.1) is 28.2 Å². The minimum absolute atomic E-state index is 0.0409. The number of nitrogens with two attached hydrogens (primary N) is 1. The van der Waals surface area contributed by atoms with Crippen LogP contribution in [0.15, 0.2) is 72.4 Å². The largest absolute Gasteiger partial charge is 0.383 e. The molecule has 1 atom stereocenters. The minimum Gasteiger partial charge on any atom is -0.383 e. The lowest BCUT2D eigenvalue weighted by Gasteiger charge is -2.32. The lowest BCUT2D eigenvalue weighted by atomic mass is 10.1. The Morgan fingerprint density at radius 3 is 2.62 bits per heavy atom. The maximum Gasteiger partial charge on any atom is 0.246 e. The van der Waals surface area contributed by atoms with Gasteiger partial charge in [-0.05, 0) is 31.1 Å². The molecule has 1 saturated heterocycles. The number of nitrogen functional groups attached to an aromatic ring is 1. The summed E-state index contributed by atoms with van der Waals surface area (Å²) < 4.78 is 3.76. The van der Waals surface area contributed by atoms with Gasteiger partial charge in [0.1, 0.15) is 11.5 Å². The average molecular weight is 475 g/mol. The van der Waals surface area contributed by atoms with Gasteiger partial charge in [0.2, 0.25) is 5.91 Å². The molecule has 0 radical (unpaired) electrons. The molecule has 8 nitrogen and oxygen atoms in total. The van der Waals surface area contributed by atoms with Crippen LogP contribution < -0.4 is 11.2 Å². The van der Waals surface area contributed by atoms with E-state index in [0.29, 0.717) is 40.5 Å². The van der Waals surface area contributed by atoms with Crippen LogP contribution in [0.4, 0.5) is 5.82 Å². The standard InChI is InChI=1S/C25H23ClN6O2/c1-2-21(34)31-11-3-4-18(15-31)32-24-20(26)14-28-25(27)22(24)23(29-32)16-5-7-17(8-6-16)30-12-9-19(33)10-13-30/h2,5-10,12-14,18H,1,3-4,11,15H2,(H2,27,28). The van der Waals surface area contributed by atoms with Crippen LogP contribution in [-0.4, -0.2) is 43.2 Å². The average Bonchev–Trinajstić information content (AvgIpc) is 3.29. The summed E-state index contributed by atoms with van der Waals surface area (Å²) in [5.74, 6) is 0.256. The van der Waals surface area contributed by atoms with Crippen molar-refractivity contribution in [1.82, 2.24) is 24.2 Å². The minimum atomic E-state index is -0.0910. The van der Waals surface area contributed by atoms with Crippen molar-refractivity contribution in [3.05, 3.63) is 82.9 Å². The molecule has 1 aliphatic heterocycles. The van der Waals surface area contributed by atoms with Gasteiger partial charge in [-0.15, -0.1) is 0 Å². The zero-order chi connectivity index (χ0) is 23.8. The topological polar surface area (TPSA) is 99.0 Å². The van der Waals surface area contributed by atoms with Crippen LogP contribution in [0, 0.1) is 0 Å². The molecule has 0 spiro atoms. The molecule has 3 aromatic heterocycles. The van der Waals surface area contributed by atoms with Crippen molar-refractivity contribution in [2.75, 3.05) is 18.8 Å². The summed E-state index contributed by atoms with van der Waals surface area (Å²) in [5, 5.41) is 6.09. The predicted octanol–water partition coefficient (Wildman–Crippen LogP) is 3.83. The Morgan fingerprint density at radius 1 is 1.18 bits per heavy atom. The molecule has 5 rings (SSSR count). The molecule has 1 unspecified atom stereocenters. The number of pyridine rings is 2. The Kier molecular flexibility index (Phi) is 5.67. The predicted molar refractivity (Wildman–Crippen MR) is 133 cm³/mol. The number of amides is 1. The fraction of sp³-hybridized carbons (Fsp3) is 0.200. The van der Waals surface area contributed by atoms with E-state index in [1.807, 2.05) is 33.5 Å². The second-order valence-electron chi connectivity index (χ2n) is 8.28. The molecular weight excluding hydrogens is 452 g/mol. The number of carbonyl (C=O) groups excluding carboxylic acids is 1. The molecule has 1 amide bonds. The number of piperidine rings is 1. The van der Waals surface area contributed by atoms with Gasteiger partial charge in [-0.2, -0.15) is 5.10 Å². The lowest BCUT2D eigenvalue weighted by molar-refractivity contribution is -0.127. The number of benzene rings is 1. The molecule has 4 heterocycles. The highest BCUT2D eigenvalue weighted by atomic mass is 35.5. The summed E-state index contributed by atoms with van der Waals surface area (Å²) in [6.45, 7) is 4.82. The summed E-state index contributed by atoms with van der Waals surface area (Å²) >= 11 is 6.59. The first-order valence-electron chi connectivity index (χ1n) is 11.0. The van der Waals surface area contributed by atoms with Crippen LogP contribution in [0.3, 0.4) is 0 Å². The van der Waals surface area contributed by atoms with E-state index in [4.69, 9.17) is 22.4 Å². The number of nitrogens with zero attached hydrogens (tertiary/aromatic N) is 5. The molecule has 1 fully saturated rings. The molecule has 0 saturated carbocycles. The Labute approximate surface area is 200 Å². The maximum absolute atomic E-state index is 12.2. The van der Waals surface area contributed by atoms with Gasteiger partial charge in [-0.25, -0.2) is 4.98 Å². The number of hydrogen-bond donors (Lipinski definition) is 1. The summed E-state index contributed by atoms with van der Waals surface area (Å²) in [7, 11) is 0. The summed E-state index contributed by atoms with van der Waals surface area (Å²) in [6, 6.07) is 10.8. The zero-order valence-electron chi connectivity index (χ0n) is 18.4. The van der Waals surface area contributed by atoms with E-state index < -0.39 is 0 Å². The van der Waals surface area contributed by atoms with Crippen LogP contribution in [-0.2, 0) is 4.79 Å². The normalized spacial score (nSPS) is 16.0. The first kappa shape index (κ1) is 21.9. The third-order valence-corrected chi connectivity index (χ3v) is 6.45. The van der Waals surface area contributed by atoms with E-state index >= 15 is 0 Å². The van der Waals surface area contributed by atoms with Gasteiger partial charge >= 0.3 is 0 Å². The van der Waals surface area contributed by atoms with Crippen molar-refractivity contribution < 1.29 is 4.79 Å². The van der Waals surface area contributed by atoms with Crippen LogP contribution in [0.5, 0.6) is 0 Å². The summed E-state index contributed by atoms with van der Waals surface area (Å²) in [4.78, 5) is 29.7. The van der Waals surface area contributed by atoms with Crippen molar-refractivity contribution in [2.24, 2.45) is 0 Å². The number of anilines is 1. The van der Waals surface area contributed by atoms with E-state index in [1.165, 1.54) is 24.4 Å². The van der Waals surface area contributed by atoms with Crippen molar-refractivity contribution in [2.45, 2.75) is 18.9 Å². The molecule has 9 heteroatoms. The van der Waals surface area contributed by atoms with E-state index in [-0.39, 0.29) is 17.4 Å². The van der Waals surface area contributed by atoms with Crippen LogP contribution in [0.2, 0.25) is 5.02 Å². The molecule has 0 aliphatic carbocycles. The van der Waals surface area contributed by atoms with E-state index in [1.54, 1.807) is 17.3 Å². The maximum atomic E-state index is 12.2. The van der Waals surface area contributed by atoms with Gasteiger partial charge in [0, 0.05) is 48.9 Å².